The first-order chi connectivity index (χ1) is 7.98. The number of piperazine rings is 1. The molecule has 0 aromatic rings. The van der Waals surface area contributed by atoms with E-state index in [1.54, 1.807) is 4.90 Å². The van der Waals surface area contributed by atoms with Crippen molar-refractivity contribution in [3.05, 3.63) is 0 Å². The lowest BCUT2D eigenvalue weighted by Gasteiger charge is -2.44. The summed E-state index contributed by atoms with van der Waals surface area (Å²) in [5.74, 6) is 0. The van der Waals surface area contributed by atoms with Gasteiger partial charge in [-0.25, -0.2) is 0 Å². The number of nitrogens with zero attached hydrogens (tertiary/aromatic N) is 2. The first-order valence-electron chi connectivity index (χ1n) is 6.20. The van der Waals surface area contributed by atoms with Crippen molar-refractivity contribution in [3.8, 4) is 0 Å². The summed E-state index contributed by atoms with van der Waals surface area (Å²) >= 11 is 0. The van der Waals surface area contributed by atoms with Gasteiger partial charge in [0.15, 0.2) is 0 Å². The summed E-state index contributed by atoms with van der Waals surface area (Å²) in [7, 11) is 2.02. The Balaban J connectivity index is 2.01. The van der Waals surface area contributed by atoms with Crippen LogP contribution in [0.15, 0.2) is 0 Å². The van der Waals surface area contributed by atoms with Gasteiger partial charge in [-0.2, -0.15) is 13.2 Å². The summed E-state index contributed by atoms with van der Waals surface area (Å²) in [6.07, 6.45) is -2.41. The maximum Gasteiger partial charge on any atom is 0.405 e. The molecule has 2 fully saturated rings. The molecule has 0 aliphatic carbocycles. The first kappa shape index (κ1) is 13.1. The summed E-state index contributed by atoms with van der Waals surface area (Å²) in [5.41, 5.74) is 0. The van der Waals surface area contributed by atoms with E-state index in [9.17, 15) is 13.2 Å². The van der Waals surface area contributed by atoms with Gasteiger partial charge in [0.2, 0.25) is 0 Å². The molecule has 2 saturated heterocycles. The highest BCUT2D eigenvalue weighted by Crippen LogP contribution is 2.29. The lowest BCUT2D eigenvalue weighted by Crippen LogP contribution is -2.62. The van der Waals surface area contributed by atoms with Gasteiger partial charge in [0.25, 0.3) is 0 Å². The van der Waals surface area contributed by atoms with Gasteiger partial charge in [-0.1, -0.05) is 0 Å². The maximum absolute atomic E-state index is 12.9. The van der Waals surface area contributed by atoms with Crippen LogP contribution in [-0.4, -0.2) is 67.8 Å². The van der Waals surface area contributed by atoms with E-state index in [0.29, 0.717) is 13.1 Å². The molecule has 17 heavy (non-hydrogen) atoms. The second kappa shape index (κ2) is 5.12. The number of likely N-dealkylation sites (tertiary alicyclic amines) is 1. The Bertz CT molecular complexity index is 249. The molecule has 2 rings (SSSR count). The standard InChI is InChI=1S/C11H20F3N3/c1-16-5-2-9(3-6-16)17-7-4-15-8-10(17)11(12,13)14/h9-10,15H,2-8H2,1H3. The summed E-state index contributed by atoms with van der Waals surface area (Å²) < 4.78 is 38.8. The number of hydrogen-bond acceptors (Lipinski definition) is 3. The minimum absolute atomic E-state index is 0.0375. The lowest BCUT2D eigenvalue weighted by atomic mass is 10.00. The number of piperidine rings is 1. The molecule has 0 aromatic heterocycles. The molecule has 2 aliphatic heterocycles. The van der Waals surface area contributed by atoms with E-state index in [4.69, 9.17) is 0 Å². The van der Waals surface area contributed by atoms with E-state index < -0.39 is 12.2 Å². The number of nitrogens with one attached hydrogen (secondary N) is 1. The largest absolute Gasteiger partial charge is 0.405 e. The maximum atomic E-state index is 12.9. The number of halogens is 3. The number of rotatable bonds is 1. The van der Waals surface area contributed by atoms with Crippen molar-refractivity contribution in [2.75, 3.05) is 39.8 Å². The normalized spacial score (nSPS) is 30.7. The Hall–Kier alpha value is -0.330. The smallest absolute Gasteiger partial charge is 0.314 e. The zero-order valence-electron chi connectivity index (χ0n) is 10.1. The highest BCUT2D eigenvalue weighted by atomic mass is 19.4. The van der Waals surface area contributed by atoms with Crippen molar-refractivity contribution in [2.24, 2.45) is 0 Å². The molecule has 3 nitrogen and oxygen atoms in total. The molecular weight excluding hydrogens is 231 g/mol. The molecule has 2 heterocycles. The minimum Gasteiger partial charge on any atom is -0.314 e. The summed E-state index contributed by atoms with van der Waals surface area (Å²) in [6, 6.07) is -1.20. The van der Waals surface area contributed by atoms with E-state index in [-0.39, 0.29) is 12.6 Å². The summed E-state index contributed by atoms with van der Waals surface area (Å²) in [6.45, 7) is 3.02. The molecule has 1 atom stereocenters. The molecular formula is C11H20F3N3. The summed E-state index contributed by atoms with van der Waals surface area (Å²) in [5, 5.41) is 2.85. The number of alkyl halides is 3. The third-order valence-corrected chi connectivity index (χ3v) is 3.82. The van der Waals surface area contributed by atoms with Crippen molar-refractivity contribution >= 4 is 0 Å². The molecule has 100 valence electrons. The van der Waals surface area contributed by atoms with Crippen molar-refractivity contribution in [1.29, 1.82) is 0 Å². The van der Waals surface area contributed by atoms with E-state index in [0.717, 1.165) is 25.9 Å². The van der Waals surface area contributed by atoms with Crippen molar-refractivity contribution in [3.63, 3.8) is 0 Å². The van der Waals surface area contributed by atoms with Crippen molar-refractivity contribution in [2.45, 2.75) is 31.1 Å². The topological polar surface area (TPSA) is 18.5 Å². The SMILES string of the molecule is CN1CCC(N2CCNCC2C(F)(F)F)CC1. The van der Waals surface area contributed by atoms with Gasteiger partial charge in [-0.15, -0.1) is 0 Å². The quantitative estimate of drug-likeness (QED) is 0.747. The van der Waals surface area contributed by atoms with Crippen LogP contribution >= 0.6 is 0 Å². The second-order valence-corrected chi connectivity index (χ2v) is 5.03. The number of hydrogen-bond donors (Lipinski definition) is 1. The predicted molar refractivity (Wildman–Crippen MR) is 59.9 cm³/mol. The Morgan fingerprint density at radius 3 is 2.35 bits per heavy atom. The fraction of sp³-hybridized carbons (Fsp3) is 1.00. The molecule has 0 saturated carbocycles. The van der Waals surface area contributed by atoms with Crippen LogP contribution in [0.2, 0.25) is 0 Å². The van der Waals surface area contributed by atoms with E-state index in [2.05, 4.69) is 10.2 Å². The van der Waals surface area contributed by atoms with Crippen LogP contribution in [-0.2, 0) is 0 Å². The molecule has 2 aliphatic rings. The van der Waals surface area contributed by atoms with Crippen LogP contribution in [0, 0.1) is 0 Å². The van der Waals surface area contributed by atoms with E-state index in [1.165, 1.54) is 0 Å². The van der Waals surface area contributed by atoms with Crippen molar-refractivity contribution < 1.29 is 13.2 Å². The Morgan fingerprint density at radius 2 is 1.76 bits per heavy atom. The molecule has 0 bridgehead atoms. The average Bonchev–Trinajstić information content (AvgIpc) is 2.29. The van der Waals surface area contributed by atoms with Gasteiger partial charge in [-0.3, -0.25) is 4.90 Å². The zero-order valence-corrected chi connectivity index (χ0v) is 10.1. The van der Waals surface area contributed by atoms with Gasteiger partial charge >= 0.3 is 6.18 Å². The molecule has 1 unspecified atom stereocenters. The molecule has 6 heteroatoms. The minimum atomic E-state index is -4.11. The summed E-state index contributed by atoms with van der Waals surface area (Å²) in [4.78, 5) is 3.85. The van der Waals surface area contributed by atoms with Gasteiger partial charge in [0.1, 0.15) is 6.04 Å². The van der Waals surface area contributed by atoms with Crippen LogP contribution in [0.4, 0.5) is 13.2 Å². The Labute approximate surface area is 99.9 Å². The average molecular weight is 251 g/mol. The zero-order chi connectivity index (χ0) is 12.5. The predicted octanol–water partition coefficient (Wildman–Crippen LogP) is 0.917. The molecule has 0 radical (unpaired) electrons. The van der Waals surface area contributed by atoms with Gasteiger partial charge < -0.3 is 10.2 Å². The monoisotopic (exact) mass is 251 g/mol. The fourth-order valence-corrected chi connectivity index (χ4v) is 2.79. The highest BCUT2D eigenvalue weighted by molar-refractivity contribution is 4.91. The highest BCUT2D eigenvalue weighted by Gasteiger charge is 2.46. The molecule has 0 amide bonds. The second-order valence-electron chi connectivity index (χ2n) is 5.03. The van der Waals surface area contributed by atoms with Crippen LogP contribution in [0.25, 0.3) is 0 Å². The molecule has 0 spiro atoms. The van der Waals surface area contributed by atoms with Crippen LogP contribution < -0.4 is 5.32 Å². The van der Waals surface area contributed by atoms with Crippen LogP contribution in [0.1, 0.15) is 12.8 Å². The third-order valence-electron chi connectivity index (χ3n) is 3.82. The Morgan fingerprint density at radius 1 is 1.12 bits per heavy atom. The Kier molecular flexibility index (Phi) is 3.95. The van der Waals surface area contributed by atoms with Gasteiger partial charge in [-0.05, 0) is 33.0 Å². The fourth-order valence-electron chi connectivity index (χ4n) is 2.79. The van der Waals surface area contributed by atoms with Crippen LogP contribution in [0.5, 0.6) is 0 Å². The first-order valence-corrected chi connectivity index (χ1v) is 6.20. The van der Waals surface area contributed by atoms with E-state index in [1.807, 2.05) is 7.05 Å². The van der Waals surface area contributed by atoms with Crippen LogP contribution in [0.3, 0.4) is 0 Å². The third kappa shape index (κ3) is 3.11. The van der Waals surface area contributed by atoms with Crippen molar-refractivity contribution in [1.82, 2.24) is 15.1 Å². The van der Waals surface area contributed by atoms with E-state index >= 15 is 0 Å². The van der Waals surface area contributed by atoms with Gasteiger partial charge in [0, 0.05) is 25.7 Å². The lowest BCUT2D eigenvalue weighted by molar-refractivity contribution is -0.195. The molecule has 0 aromatic carbocycles. The van der Waals surface area contributed by atoms with Gasteiger partial charge in [0.05, 0.1) is 0 Å². The molecule has 1 N–H and O–H groups in total.